The Hall–Kier alpha value is -2.38. The van der Waals surface area contributed by atoms with E-state index in [4.69, 9.17) is 0 Å². The van der Waals surface area contributed by atoms with Gasteiger partial charge in [-0.2, -0.15) is 18.3 Å². The van der Waals surface area contributed by atoms with Gasteiger partial charge in [-0.1, -0.05) is 12.1 Å². The third kappa shape index (κ3) is 2.79. The number of benzene rings is 1. The Morgan fingerprint density at radius 1 is 1.08 bits per heavy atom. The minimum Gasteiger partial charge on any atom is -0.371 e. The van der Waals surface area contributed by atoms with E-state index >= 15 is 0 Å². The average Bonchev–Trinajstić information content (AvgIpc) is 3.22. The highest BCUT2D eigenvalue weighted by Crippen LogP contribution is 2.41. The van der Waals surface area contributed by atoms with Crippen LogP contribution in [0.3, 0.4) is 0 Å². The van der Waals surface area contributed by atoms with Gasteiger partial charge in [0.25, 0.3) is 5.91 Å². The third-order valence-corrected chi connectivity index (χ3v) is 4.99. The highest BCUT2D eigenvalue weighted by Gasteiger charge is 2.50. The van der Waals surface area contributed by atoms with Gasteiger partial charge in [-0.15, -0.1) is 5.11 Å². The highest BCUT2D eigenvalue weighted by atomic mass is 19.4. The van der Waals surface area contributed by atoms with E-state index in [-0.39, 0.29) is 5.70 Å². The molecule has 5 nitrogen and oxygen atoms in total. The molecule has 1 aromatic rings. The van der Waals surface area contributed by atoms with Crippen LogP contribution in [0.2, 0.25) is 0 Å². The van der Waals surface area contributed by atoms with Crippen molar-refractivity contribution in [3.05, 3.63) is 41.2 Å². The molecule has 1 fully saturated rings. The molecule has 1 amide bonds. The van der Waals surface area contributed by atoms with E-state index in [0.717, 1.165) is 48.9 Å². The van der Waals surface area contributed by atoms with Gasteiger partial charge >= 0.3 is 6.18 Å². The van der Waals surface area contributed by atoms with Crippen LogP contribution >= 0.6 is 0 Å². The number of fused-ring (bicyclic) bond motifs is 1. The van der Waals surface area contributed by atoms with Gasteiger partial charge < -0.3 is 9.80 Å². The van der Waals surface area contributed by atoms with Crippen molar-refractivity contribution in [3.63, 3.8) is 0 Å². The fourth-order valence-electron chi connectivity index (χ4n) is 3.82. The summed E-state index contributed by atoms with van der Waals surface area (Å²) in [6.45, 7) is 2.63. The van der Waals surface area contributed by atoms with Crippen LogP contribution in [-0.2, 0) is 17.9 Å². The van der Waals surface area contributed by atoms with Crippen molar-refractivity contribution in [1.82, 2.24) is 4.90 Å². The van der Waals surface area contributed by atoms with Crippen LogP contribution in [0.1, 0.15) is 24.0 Å². The normalized spacial score (nSPS) is 23.2. The van der Waals surface area contributed by atoms with E-state index in [0.29, 0.717) is 13.1 Å². The number of carbonyl (C=O) groups is 1. The molecule has 0 saturated carbocycles. The van der Waals surface area contributed by atoms with Gasteiger partial charge in [0.1, 0.15) is 0 Å². The van der Waals surface area contributed by atoms with Gasteiger partial charge in [-0.3, -0.25) is 4.79 Å². The van der Waals surface area contributed by atoms with E-state index in [9.17, 15) is 18.0 Å². The fourth-order valence-corrected chi connectivity index (χ4v) is 3.82. The summed E-state index contributed by atoms with van der Waals surface area (Å²) in [5.41, 5.74) is 3.02. The maximum atomic E-state index is 13.4. The Morgan fingerprint density at radius 3 is 2.56 bits per heavy atom. The predicted molar refractivity (Wildman–Crippen MR) is 84.6 cm³/mol. The molecule has 0 bridgehead atoms. The lowest BCUT2D eigenvalue weighted by atomic mass is 10.0. The first-order chi connectivity index (χ1) is 11.9. The molecule has 25 heavy (non-hydrogen) atoms. The molecule has 3 aliphatic heterocycles. The molecule has 8 heteroatoms. The number of azo groups is 1. The third-order valence-electron chi connectivity index (χ3n) is 4.99. The SMILES string of the molecule is O=C1N=NC=C(N2Cc3cccc(N4CCCC4)c3C2)C1C(F)(F)F. The summed E-state index contributed by atoms with van der Waals surface area (Å²) in [4.78, 5) is 15.6. The van der Waals surface area contributed by atoms with Crippen molar-refractivity contribution in [2.75, 3.05) is 18.0 Å². The lowest BCUT2D eigenvalue weighted by molar-refractivity contribution is -0.177. The maximum Gasteiger partial charge on any atom is 0.406 e. The summed E-state index contributed by atoms with van der Waals surface area (Å²) in [6.07, 6.45) is -1.34. The molecule has 0 spiro atoms. The number of rotatable bonds is 2. The lowest BCUT2D eigenvalue weighted by Gasteiger charge is -2.29. The van der Waals surface area contributed by atoms with Crippen LogP contribution < -0.4 is 4.90 Å². The van der Waals surface area contributed by atoms with Crippen molar-refractivity contribution in [2.45, 2.75) is 32.1 Å². The van der Waals surface area contributed by atoms with E-state index in [2.05, 4.69) is 15.1 Å². The monoisotopic (exact) mass is 350 g/mol. The highest BCUT2D eigenvalue weighted by molar-refractivity contribution is 5.83. The minimum absolute atomic E-state index is 0.115. The van der Waals surface area contributed by atoms with Crippen LogP contribution in [-0.4, -0.2) is 30.1 Å². The summed E-state index contributed by atoms with van der Waals surface area (Å²) in [7, 11) is 0. The molecule has 3 heterocycles. The molecule has 0 radical (unpaired) electrons. The minimum atomic E-state index is -4.67. The van der Waals surface area contributed by atoms with Crippen LogP contribution in [0.4, 0.5) is 18.9 Å². The molecule has 1 unspecified atom stereocenters. The first-order valence-electron chi connectivity index (χ1n) is 8.27. The Morgan fingerprint density at radius 2 is 1.84 bits per heavy atom. The average molecular weight is 350 g/mol. The molecule has 3 aliphatic rings. The quantitative estimate of drug-likeness (QED) is 0.819. The zero-order valence-electron chi connectivity index (χ0n) is 13.5. The van der Waals surface area contributed by atoms with Crippen molar-refractivity contribution >= 4 is 11.6 Å². The van der Waals surface area contributed by atoms with E-state index < -0.39 is 18.0 Å². The van der Waals surface area contributed by atoms with Crippen LogP contribution in [0, 0.1) is 5.92 Å². The fraction of sp³-hybridized carbons (Fsp3) is 0.471. The Labute approximate surface area is 142 Å². The van der Waals surface area contributed by atoms with Crippen molar-refractivity contribution in [3.8, 4) is 0 Å². The number of hydrogen-bond donors (Lipinski definition) is 0. The number of carbonyl (C=O) groups excluding carboxylic acids is 1. The number of alkyl halides is 3. The molecule has 0 aliphatic carbocycles. The topological polar surface area (TPSA) is 48.3 Å². The summed E-state index contributed by atoms with van der Waals surface area (Å²) in [6, 6.07) is 5.90. The standard InChI is InChI=1S/C17H17F3N4O/c18-17(19,20)15-14(8-21-22-16(15)25)24-9-11-4-3-5-13(12(11)10-24)23-6-1-2-7-23/h3-5,8,15H,1-2,6-7,9-10H2. The molecule has 1 aromatic carbocycles. The Kier molecular flexibility index (Phi) is 3.77. The second-order valence-electron chi connectivity index (χ2n) is 6.55. The molecule has 1 atom stereocenters. The van der Waals surface area contributed by atoms with E-state index in [1.165, 1.54) is 0 Å². The summed E-state index contributed by atoms with van der Waals surface area (Å²) in [5, 5.41) is 6.56. The van der Waals surface area contributed by atoms with Crippen molar-refractivity contribution in [2.24, 2.45) is 16.1 Å². The number of nitrogens with zero attached hydrogens (tertiary/aromatic N) is 4. The van der Waals surface area contributed by atoms with Crippen molar-refractivity contribution < 1.29 is 18.0 Å². The summed E-state index contributed by atoms with van der Waals surface area (Å²) < 4.78 is 40.1. The first-order valence-corrected chi connectivity index (χ1v) is 8.27. The molecule has 0 aromatic heterocycles. The van der Waals surface area contributed by atoms with Gasteiger partial charge in [0, 0.05) is 31.9 Å². The molecule has 0 N–H and O–H groups in total. The second kappa shape index (κ2) is 5.86. The van der Waals surface area contributed by atoms with Crippen LogP contribution in [0.5, 0.6) is 0 Å². The largest absolute Gasteiger partial charge is 0.406 e. The zero-order valence-corrected chi connectivity index (χ0v) is 13.5. The lowest BCUT2D eigenvalue weighted by Crippen LogP contribution is -2.38. The second-order valence-corrected chi connectivity index (χ2v) is 6.55. The first kappa shape index (κ1) is 16.1. The molecule has 4 rings (SSSR count). The molecule has 132 valence electrons. The summed E-state index contributed by atoms with van der Waals surface area (Å²) in [5.74, 6) is -3.48. The zero-order chi connectivity index (χ0) is 17.6. The van der Waals surface area contributed by atoms with Gasteiger partial charge in [0.05, 0.1) is 11.9 Å². The molecular formula is C17H17F3N4O. The van der Waals surface area contributed by atoms with E-state index in [1.807, 2.05) is 18.2 Å². The van der Waals surface area contributed by atoms with E-state index in [1.54, 1.807) is 4.90 Å². The predicted octanol–water partition coefficient (Wildman–Crippen LogP) is 3.61. The smallest absolute Gasteiger partial charge is 0.371 e. The summed E-state index contributed by atoms with van der Waals surface area (Å²) >= 11 is 0. The van der Waals surface area contributed by atoms with Crippen LogP contribution in [0.15, 0.2) is 40.3 Å². The number of hydrogen-bond acceptors (Lipinski definition) is 4. The molecule has 1 saturated heterocycles. The number of amides is 1. The van der Waals surface area contributed by atoms with Gasteiger partial charge in [0.2, 0.25) is 0 Å². The Balaban J connectivity index is 1.65. The van der Waals surface area contributed by atoms with Crippen molar-refractivity contribution in [1.29, 1.82) is 0 Å². The number of halogens is 3. The van der Waals surface area contributed by atoms with Gasteiger partial charge in [0.15, 0.2) is 5.92 Å². The Bertz CT molecular complexity index is 766. The number of anilines is 1. The molecular weight excluding hydrogens is 333 g/mol. The van der Waals surface area contributed by atoms with Gasteiger partial charge in [-0.25, -0.2) is 0 Å². The maximum absolute atomic E-state index is 13.4. The van der Waals surface area contributed by atoms with Gasteiger partial charge in [-0.05, 0) is 30.0 Å². The van der Waals surface area contributed by atoms with Crippen LogP contribution in [0.25, 0.3) is 0 Å².